The number of rotatable bonds is 7. The Balaban J connectivity index is 1.32. The summed E-state index contributed by atoms with van der Waals surface area (Å²) in [5, 5.41) is 20.3. The van der Waals surface area contributed by atoms with Crippen LogP contribution in [0.5, 0.6) is 0 Å². The molecule has 4 rings (SSSR count). The first-order valence-electron chi connectivity index (χ1n) is 9.53. The highest BCUT2D eigenvalue weighted by atomic mass is 32.2. The molecule has 0 aliphatic heterocycles. The smallest absolute Gasteiger partial charge is 0.234 e. The van der Waals surface area contributed by atoms with E-state index in [1.165, 1.54) is 11.8 Å². The molecule has 0 aliphatic carbocycles. The molecule has 0 aliphatic rings. The van der Waals surface area contributed by atoms with Crippen molar-refractivity contribution in [1.82, 2.24) is 14.8 Å². The van der Waals surface area contributed by atoms with E-state index in [9.17, 15) is 4.79 Å². The molecule has 0 fully saturated rings. The van der Waals surface area contributed by atoms with E-state index in [1.807, 2.05) is 54.9 Å². The molecule has 2 aromatic heterocycles. The number of carbonyl (C=O) groups is 1. The number of furan rings is 1. The van der Waals surface area contributed by atoms with Crippen molar-refractivity contribution in [3.05, 3.63) is 72.7 Å². The van der Waals surface area contributed by atoms with Crippen molar-refractivity contribution in [3.63, 3.8) is 0 Å². The average Bonchev–Trinajstić information content (AvgIpc) is 3.37. The Kier molecular flexibility index (Phi) is 6.23. The van der Waals surface area contributed by atoms with Gasteiger partial charge < -0.3 is 14.3 Å². The summed E-state index contributed by atoms with van der Waals surface area (Å²) >= 11 is 1.32. The molecule has 4 aromatic rings. The molecule has 2 aromatic carbocycles. The number of aromatic nitrogens is 3. The molecule has 0 bridgehead atoms. The number of azo groups is 1. The van der Waals surface area contributed by atoms with Gasteiger partial charge in [0.1, 0.15) is 5.76 Å². The second kappa shape index (κ2) is 9.40. The average molecular weight is 433 g/mol. The van der Waals surface area contributed by atoms with E-state index in [1.54, 1.807) is 30.5 Å². The molecule has 9 heteroatoms. The van der Waals surface area contributed by atoms with E-state index in [2.05, 4.69) is 25.7 Å². The minimum Gasteiger partial charge on any atom is -0.469 e. The Hall–Kier alpha value is -3.72. The third-order valence-electron chi connectivity index (χ3n) is 4.46. The van der Waals surface area contributed by atoms with Gasteiger partial charge in [0.2, 0.25) is 5.91 Å². The normalized spacial score (nSPS) is 11.2. The Labute approximate surface area is 183 Å². The fourth-order valence-electron chi connectivity index (χ4n) is 2.84. The van der Waals surface area contributed by atoms with Gasteiger partial charge >= 0.3 is 0 Å². The van der Waals surface area contributed by atoms with Crippen molar-refractivity contribution in [2.45, 2.75) is 12.1 Å². The molecule has 0 unspecified atom stereocenters. The van der Waals surface area contributed by atoms with Crippen LogP contribution in [0.1, 0.15) is 5.76 Å². The molecule has 156 valence electrons. The van der Waals surface area contributed by atoms with Crippen LogP contribution in [-0.4, -0.2) is 26.4 Å². The Morgan fingerprint density at radius 2 is 1.74 bits per heavy atom. The van der Waals surface area contributed by atoms with E-state index in [0.717, 1.165) is 17.0 Å². The van der Waals surface area contributed by atoms with Gasteiger partial charge in [-0.25, -0.2) is 0 Å². The molecular weight excluding hydrogens is 412 g/mol. The first-order valence-corrected chi connectivity index (χ1v) is 10.5. The van der Waals surface area contributed by atoms with Crippen LogP contribution < -0.4 is 5.32 Å². The maximum absolute atomic E-state index is 12.3. The number of anilines is 1. The number of carbonyl (C=O) groups excluding carboxylic acids is 1. The van der Waals surface area contributed by atoms with Crippen LogP contribution in [0, 0.1) is 6.92 Å². The molecule has 31 heavy (non-hydrogen) atoms. The summed E-state index contributed by atoms with van der Waals surface area (Å²) < 4.78 is 7.18. The SMILES string of the molecule is Cc1occc1-c1nnc(SCC(=O)Nc2ccc(N=Nc3ccccc3)cc2)n1C. The van der Waals surface area contributed by atoms with Crippen molar-refractivity contribution < 1.29 is 9.21 Å². The standard InChI is InChI=1S/C22H20N6O2S/c1-15-19(12-13-30-15)21-26-27-22(28(21)2)31-14-20(29)23-16-8-10-18(11-9-16)25-24-17-6-4-3-5-7-17/h3-13H,14H2,1-2H3,(H,23,29). The number of aryl methyl sites for hydroxylation is 1. The van der Waals surface area contributed by atoms with Gasteiger partial charge in [-0.05, 0) is 49.4 Å². The Morgan fingerprint density at radius 3 is 2.42 bits per heavy atom. The van der Waals surface area contributed by atoms with Crippen molar-refractivity contribution >= 4 is 34.7 Å². The topological polar surface area (TPSA) is 97.7 Å². The van der Waals surface area contributed by atoms with Crippen molar-refractivity contribution in [1.29, 1.82) is 0 Å². The summed E-state index contributed by atoms with van der Waals surface area (Å²) in [5.41, 5.74) is 3.07. The molecule has 0 saturated carbocycles. The number of thioether (sulfide) groups is 1. The summed E-state index contributed by atoms with van der Waals surface area (Å²) in [4.78, 5) is 12.3. The second-order valence-electron chi connectivity index (χ2n) is 6.67. The van der Waals surface area contributed by atoms with Crippen LogP contribution in [0.25, 0.3) is 11.4 Å². The summed E-state index contributed by atoms with van der Waals surface area (Å²) in [6, 6.07) is 18.6. The third kappa shape index (κ3) is 5.07. The predicted octanol–water partition coefficient (Wildman–Crippen LogP) is 5.53. The first-order chi connectivity index (χ1) is 15.1. The zero-order chi connectivity index (χ0) is 21.6. The van der Waals surface area contributed by atoms with E-state index in [-0.39, 0.29) is 11.7 Å². The van der Waals surface area contributed by atoms with Crippen LogP contribution in [0.4, 0.5) is 17.1 Å². The lowest BCUT2D eigenvalue weighted by Crippen LogP contribution is -2.14. The summed E-state index contributed by atoms with van der Waals surface area (Å²) in [6.07, 6.45) is 1.62. The predicted molar refractivity (Wildman–Crippen MR) is 120 cm³/mol. The lowest BCUT2D eigenvalue weighted by Gasteiger charge is -2.06. The molecule has 0 saturated heterocycles. The van der Waals surface area contributed by atoms with E-state index >= 15 is 0 Å². The summed E-state index contributed by atoms with van der Waals surface area (Å²) in [5.74, 6) is 1.56. The maximum Gasteiger partial charge on any atom is 0.234 e. The number of benzene rings is 2. The molecule has 1 N–H and O–H groups in total. The quantitative estimate of drug-likeness (QED) is 0.306. The number of nitrogens with one attached hydrogen (secondary N) is 1. The van der Waals surface area contributed by atoms with Crippen LogP contribution in [-0.2, 0) is 11.8 Å². The molecule has 8 nitrogen and oxygen atoms in total. The van der Waals surface area contributed by atoms with Gasteiger partial charge in [-0.15, -0.1) is 10.2 Å². The number of hydrogen-bond donors (Lipinski definition) is 1. The van der Waals surface area contributed by atoms with Crippen LogP contribution in [0.15, 0.2) is 86.7 Å². The highest BCUT2D eigenvalue weighted by molar-refractivity contribution is 7.99. The van der Waals surface area contributed by atoms with Crippen molar-refractivity contribution in [2.75, 3.05) is 11.1 Å². The molecule has 0 radical (unpaired) electrons. The molecule has 2 heterocycles. The van der Waals surface area contributed by atoms with Crippen LogP contribution in [0.2, 0.25) is 0 Å². The second-order valence-corrected chi connectivity index (χ2v) is 7.62. The minimum absolute atomic E-state index is 0.132. The lowest BCUT2D eigenvalue weighted by atomic mass is 10.2. The van der Waals surface area contributed by atoms with E-state index in [4.69, 9.17) is 4.42 Å². The zero-order valence-electron chi connectivity index (χ0n) is 17.0. The van der Waals surface area contributed by atoms with Crippen LogP contribution in [0.3, 0.4) is 0 Å². The Morgan fingerprint density at radius 1 is 1.03 bits per heavy atom. The van der Waals surface area contributed by atoms with Crippen molar-refractivity contribution in [3.8, 4) is 11.4 Å². The van der Waals surface area contributed by atoms with Gasteiger partial charge in [0, 0.05) is 12.7 Å². The van der Waals surface area contributed by atoms with E-state index < -0.39 is 0 Å². The fourth-order valence-corrected chi connectivity index (χ4v) is 3.55. The van der Waals surface area contributed by atoms with Crippen LogP contribution >= 0.6 is 11.8 Å². The highest BCUT2D eigenvalue weighted by Gasteiger charge is 2.15. The van der Waals surface area contributed by atoms with Gasteiger partial charge in [-0.1, -0.05) is 30.0 Å². The molecule has 0 spiro atoms. The molecular formula is C22H20N6O2S. The van der Waals surface area contributed by atoms with Gasteiger partial charge in [-0.3, -0.25) is 4.79 Å². The highest BCUT2D eigenvalue weighted by Crippen LogP contribution is 2.26. The number of hydrogen-bond acceptors (Lipinski definition) is 7. The third-order valence-corrected chi connectivity index (χ3v) is 5.48. The van der Waals surface area contributed by atoms with Gasteiger partial charge in [0.25, 0.3) is 0 Å². The summed E-state index contributed by atoms with van der Waals surface area (Å²) in [6.45, 7) is 1.87. The monoisotopic (exact) mass is 432 g/mol. The largest absolute Gasteiger partial charge is 0.469 e. The van der Waals surface area contributed by atoms with Gasteiger partial charge in [0.15, 0.2) is 11.0 Å². The van der Waals surface area contributed by atoms with Crippen molar-refractivity contribution in [2.24, 2.45) is 17.3 Å². The fraction of sp³-hybridized carbons (Fsp3) is 0.136. The Bertz CT molecular complexity index is 1200. The molecule has 0 atom stereocenters. The molecule has 1 amide bonds. The number of amides is 1. The first kappa shape index (κ1) is 20.5. The zero-order valence-corrected chi connectivity index (χ0v) is 17.8. The lowest BCUT2D eigenvalue weighted by molar-refractivity contribution is -0.113. The van der Waals surface area contributed by atoms with Gasteiger partial charge in [-0.2, -0.15) is 10.2 Å². The minimum atomic E-state index is -0.132. The van der Waals surface area contributed by atoms with Gasteiger partial charge in [0.05, 0.1) is 29.0 Å². The summed E-state index contributed by atoms with van der Waals surface area (Å²) in [7, 11) is 1.87. The maximum atomic E-state index is 12.3. The van der Waals surface area contributed by atoms with E-state index in [0.29, 0.717) is 22.4 Å². The number of nitrogens with zero attached hydrogens (tertiary/aromatic N) is 5.